The Hall–Kier alpha value is -1.64. The first-order valence-corrected chi connectivity index (χ1v) is 9.74. The molecule has 0 unspecified atom stereocenters. The fourth-order valence-electron chi connectivity index (χ4n) is 3.57. The second kappa shape index (κ2) is 8.64. The van der Waals surface area contributed by atoms with Gasteiger partial charge in [0.1, 0.15) is 0 Å². The minimum absolute atomic E-state index is 0.786. The summed E-state index contributed by atoms with van der Waals surface area (Å²) in [5.74, 6) is 0. The number of rotatable bonds is 6. The smallest absolute Gasteiger partial charge is 0.0724 e. The average molecular weight is 355 g/mol. The Morgan fingerprint density at radius 3 is 2.44 bits per heavy atom. The van der Waals surface area contributed by atoms with Crippen molar-refractivity contribution in [1.82, 2.24) is 4.90 Å². The van der Waals surface area contributed by atoms with Crippen LogP contribution in [-0.4, -0.2) is 36.8 Å². The van der Waals surface area contributed by atoms with Crippen molar-refractivity contribution in [3.05, 3.63) is 69.7 Å². The van der Waals surface area contributed by atoms with Crippen molar-refractivity contribution < 1.29 is 0 Å². The molecule has 0 atom stereocenters. The first kappa shape index (κ1) is 18.2. The van der Waals surface area contributed by atoms with E-state index >= 15 is 0 Å². The topological polar surface area (TPSA) is 15.6 Å². The van der Waals surface area contributed by atoms with Crippen molar-refractivity contribution in [2.75, 3.05) is 26.2 Å². The number of benzene rings is 2. The molecule has 132 valence electrons. The predicted molar refractivity (Wildman–Crippen MR) is 108 cm³/mol. The number of aliphatic imine (C=N–C) groups is 1. The molecule has 0 heterocycles. The van der Waals surface area contributed by atoms with Crippen molar-refractivity contribution >= 4 is 17.3 Å². The third kappa shape index (κ3) is 4.31. The highest BCUT2D eigenvalue weighted by molar-refractivity contribution is 6.31. The molecule has 0 aliphatic heterocycles. The van der Waals surface area contributed by atoms with Crippen LogP contribution in [0.1, 0.15) is 42.5 Å². The summed E-state index contributed by atoms with van der Waals surface area (Å²) >= 11 is 6.30. The molecule has 0 saturated carbocycles. The zero-order chi connectivity index (χ0) is 17.6. The summed E-state index contributed by atoms with van der Waals surface area (Å²) in [6.07, 6.45) is 3.19. The Kier molecular flexibility index (Phi) is 6.28. The average Bonchev–Trinajstić information content (AvgIpc) is 2.79. The van der Waals surface area contributed by atoms with Gasteiger partial charge in [-0.1, -0.05) is 55.8 Å². The number of halogens is 1. The maximum atomic E-state index is 6.30. The summed E-state index contributed by atoms with van der Waals surface area (Å²) in [7, 11) is 0. The van der Waals surface area contributed by atoms with Gasteiger partial charge < -0.3 is 4.90 Å². The van der Waals surface area contributed by atoms with E-state index in [0.29, 0.717) is 0 Å². The van der Waals surface area contributed by atoms with Crippen LogP contribution in [0, 0.1) is 0 Å². The zero-order valence-electron chi connectivity index (χ0n) is 15.3. The Morgan fingerprint density at radius 2 is 1.68 bits per heavy atom. The molecular formula is C22H27ClN2. The minimum atomic E-state index is 0.786. The molecule has 0 N–H and O–H groups in total. The van der Waals surface area contributed by atoms with Gasteiger partial charge >= 0.3 is 0 Å². The molecule has 2 nitrogen and oxygen atoms in total. The summed E-state index contributed by atoms with van der Waals surface area (Å²) in [6, 6.07) is 14.9. The van der Waals surface area contributed by atoms with Crippen molar-refractivity contribution in [2.24, 2.45) is 4.99 Å². The van der Waals surface area contributed by atoms with Gasteiger partial charge in [-0.25, -0.2) is 0 Å². The standard InChI is InChI=1S/C22H27ClN2/c1-3-25(4-2)15-7-14-24-22-20-9-6-5-8-17(20)10-11-18-12-13-19(23)16-21(18)22/h5-6,8-9,12-13,16H,3-4,7,10-11,14-15H2,1-2H3. The molecule has 0 spiro atoms. The van der Waals surface area contributed by atoms with E-state index in [2.05, 4.69) is 55.1 Å². The van der Waals surface area contributed by atoms with Crippen LogP contribution in [-0.2, 0) is 12.8 Å². The quantitative estimate of drug-likeness (QED) is 0.666. The molecule has 3 heteroatoms. The van der Waals surface area contributed by atoms with Gasteiger partial charge in [0.2, 0.25) is 0 Å². The van der Waals surface area contributed by atoms with Gasteiger partial charge in [0.25, 0.3) is 0 Å². The maximum absolute atomic E-state index is 6.30. The normalized spacial score (nSPS) is 15.1. The van der Waals surface area contributed by atoms with Crippen LogP contribution >= 0.6 is 11.6 Å². The fraction of sp³-hybridized carbons (Fsp3) is 0.409. The Labute approximate surface area is 156 Å². The van der Waals surface area contributed by atoms with E-state index in [1.165, 1.54) is 22.3 Å². The molecule has 0 fully saturated rings. The lowest BCUT2D eigenvalue weighted by molar-refractivity contribution is 0.302. The molecule has 25 heavy (non-hydrogen) atoms. The van der Waals surface area contributed by atoms with Crippen molar-refractivity contribution in [2.45, 2.75) is 33.1 Å². The summed E-state index contributed by atoms with van der Waals surface area (Å²) < 4.78 is 0. The van der Waals surface area contributed by atoms with E-state index < -0.39 is 0 Å². The maximum Gasteiger partial charge on any atom is 0.0724 e. The Morgan fingerprint density at radius 1 is 0.960 bits per heavy atom. The molecular weight excluding hydrogens is 328 g/mol. The summed E-state index contributed by atoms with van der Waals surface area (Å²) in [5, 5.41) is 0.786. The molecule has 0 bridgehead atoms. The first-order valence-electron chi connectivity index (χ1n) is 9.36. The summed E-state index contributed by atoms with van der Waals surface area (Å²) in [4.78, 5) is 7.49. The van der Waals surface area contributed by atoms with Crippen LogP contribution in [0.4, 0.5) is 0 Å². The number of hydrogen-bond acceptors (Lipinski definition) is 2. The second-order valence-corrected chi connectivity index (χ2v) is 7.01. The molecule has 0 amide bonds. The van der Waals surface area contributed by atoms with E-state index in [9.17, 15) is 0 Å². The highest BCUT2D eigenvalue weighted by atomic mass is 35.5. The van der Waals surface area contributed by atoms with E-state index in [1.807, 2.05) is 6.07 Å². The van der Waals surface area contributed by atoms with Gasteiger partial charge in [0.05, 0.1) is 5.71 Å². The number of aryl methyl sites for hydroxylation is 2. The highest BCUT2D eigenvalue weighted by Crippen LogP contribution is 2.27. The largest absolute Gasteiger partial charge is 0.304 e. The second-order valence-electron chi connectivity index (χ2n) is 6.57. The van der Waals surface area contributed by atoms with Crippen molar-refractivity contribution in [3.8, 4) is 0 Å². The van der Waals surface area contributed by atoms with Crippen LogP contribution in [0.15, 0.2) is 47.5 Å². The molecule has 0 aromatic heterocycles. The molecule has 1 aliphatic carbocycles. The Balaban J connectivity index is 1.90. The summed E-state index contributed by atoms with van der Waals surface area (Å²) in [5.41, 5.74) is 6.33. The summed E-state index contributed by atoms with van der Waals surface area (Å²) in [6.45, 7) is 8.60. The van der Waals surface area contributed by atoms with E-state index in [1.54, 1.807) is 0 Å². The Bertz CT molecular complexity index is 747. The molecule has 0 saturated heterocycles. The highest BCUT2D eigenvalue weighted by Gasteiger charge is 2.19. The molecule has 3 rings (SSSR count). The van der Waals surface area contributed by atoms with Crippen LogP contribution < -0.4 is 0 Å². The zero-order valence-corrected chi connectivity index (χ0v) is 16.0. The minimum Gasteiger partial charge on any atom is -0.304 e. The van der Waals surface area contributed by atoms with Gasteiger partial charge in [-0.15, -0.1) is 0 Å². The SMILES string of the molecule is CCN(CC)CCCN=C1c2ccccc2CCc2ccc(Cl)cc21. The van der Waals surface area contributed by atoms with E-state index in [4.69, 9.17) is 16.6 Å². The van der Waals surface area contributed by atoms with Gasteiger partial charge in [0.15, 0.2) is 0 Å². The van der Waals surface area contributed by atoms with Gasteiger partial charge in [0, 0.05) is 22.7 Å². The lowest BCUT2D eigenvalue weighted by Crippen LogP contribution is -2.24. The van der Waals surface area contributed by atoms with Crippen LogP contribution in [0.5, 0.6) is 0 Å². The van der Waals surface area contributed by atoms with E-state index in [0.717, 1.165) is 56.2 Å². The van der Waals surface area contributed by atoms with Crippen LogP contribution in [0.25, 0.3) is 0 Å². The number of fused-ring (bicyclic) bond motifs is 2. The third-order valence-electron chi connectivity index (χ3n) is 5.06. The van der Waals surface area contributed by atoms with Gasteiger partial charge in [-0.05, 0) is 62.2 Å². The molecule has 1 aliphatic rings. The lowest BCUT2D eigenvalue weighted by atomic mass is 9.98. The van der Waals surface area contributed by atoms with Crippen LogP contribution in [0.3, 0.4) is 0 Å². The van der Waals surface area contributed by atoms with Crippen molar-refractivity contribution in [3.63, 3.8) is 0 Å². The monoisotopic (exact) mass is 354 g/mol. The fourth-order valence-corrected chi connectivity index (χ4v) is 3.74. The predicted octanol–water partition coefficient (Wildman–Crippen LogP) is 5.01. The van der Waals surface area contributed by atoms with Gasteiger partial charge in [-0.2, -0.15) is 0 Å². The third-order valence-corrected chi connectivity index (χ3v) is 5.30. The number of nitrogens with zero attached hydrogens (tertiary/aromatic N) is 2. The molecule has 2 aromatic carbocycles. The first-order chi connectivity index (χ1) is 12.2. The van der Waals surface area contributed by atoms with Crippen molar-refractivity contribution in [1.29, 1.82) is 0 Å². The van der Waals surface area contributed by atoms with E-state index in [-0.39, 0.29) is 0 Å². The molecule has 0 radical (unpaired) electrons. The lowest BCUT2D eigenvalue weighted by Gasteiger charge is -2.17. The van der Waals surface area contributed by atoms with Crippen LogP contribution in [0.2, 0.25) is 5.02 Å². The molecule has 2 aromatic rings. The number of hydrogen-bond donors (Lipinski definition) is 0. The van der Waals surface area contributed by atoms with Gasteiger partial charge in [-0.3, -0.25) is 4.99 Å².